The second kappa shape index (κ2) is 8.51. The normalized spacial score (nSPS) is 42.8. The summed E-state index contributed by atoms with van der Waals surface area (Å²) < 4.78 is 0. The van der Waals surface area contributed by atoms with Crippen molar-refractivity contribution in [2.45, 2.75) is 102 Å². The van der Waals surface area contributed by atoms with Crippen molar-refractivity contribution in [3.05, 3.63) is 0 Å². The Balaban J connectivity index is 0.000000160. The lowest BCUT2D eigenvalue weighted by molar-refractivity contribution is 0.117. The van der Waals surface area contributed by atoms with Gasteiger partial charge in [0.1, 0.15) is 0 Å². The molecule has 0 amide bonds. The van der Waals surface area contributed by atoms with E-state index in [4.69, 9.17) is 5.73 Å². The van der Waals surface area contributed by atoms with Crippen molar-refractivity contribution in [3.8, 4) is 0 Å². The molecule has 0 saturated carbocycles. The van der Waals surface area contributed by atoms with Crippen LogP contribution in [0.15, 0.2) is 0 Å². The van der Waals surface area contributed by atoms with E-state index in [2.05, 4.69) is 30.6 Å². The molecule has 0 aromatic carbocycles. The topological polar surface area (TPSA) is 32.5 Å². The molecule has 4 fully saturated rings. The Kier molecular flexibility index (Phi) is 7.21. The molecule has 0 radical (unpaired) electrons. The van der Waals surface area contributed by atoms with Crippen molar-refractivity contribution < 1.29 is 0 Å². The summed E-state index contributed by atoms with van der Waals surface area (Å²) in [5.41, 5.74) is 5.95. The van der Waals surface area contributed by atoms with Gasteiger partial charge in [-0.15, -0.1) is 12.4 Å². The molecule has 0 aromatic rings. The molecule has 136 valence electrons. The summed E-state index contributed by atoms with van der Waals surface area (Å²) in [6.45, 7) is 9.49. The fourth-order valence-corrected chi connectivity index (χ4v) is 5.90. The number of halogens is 1. The van der Waals surface area contributed by atoms with E-state index in [0.29, 0.717) is 6.04 Å². The first kappa shape index (κ1) is 19.5. The van der Waals surface area contributed by atoms with Gasteiger partial charge in [-0.25, -0.2) is 0 Å². The Hall–Kier alpha value is 0.170. The van der Waals surface area contributed by atoms with Crippen molar-refractivity contribution in [1.29, 1.82) is 0 Å². The van der Waals surface area contributed by atoms with Crippen LogP contribution < -0.4 is 5.73 Å². The Morgan fingerprint density at radius 2 is 1.09 bits per heavy atom. The number of nitrogens with zero attached hydrogens (tertiary/aromatic N) is 2. The molecule has 4 atom stereocenters. The largest absolute Gasteiger partial charge is 0.328 e. The first-order valence-electron chi connectivity index (χ1n) is 9.89. The van der Waals surface area contributed by atoms with Gasteiger partial charge in [-0.05, 0) is 70.4 Å². The first-order chi connectivity index (χ1) is 10.6. The lowest BCUT2D eigenvalue weighted by Gasteiger charge is -2.36. The van der Waals surface area contributed by atoms with Gasteiger partial charge >= 0.3 is 0 Å². The Bertz CT molecular complexity index is 303. The molecule has 0 aromatic heterocycles. The van der Waals surface area contributed by atoms with Crippen molar-refractivity contribution >= 4 is 12.4 Å². The molecule has 4 unspecified atom stereocenters. The van der Waals surface area contributed by atoms with E-state index in [9.17, 15) is 0 Å². The molecule has 0 spiro atoms. The molecule has 4 bridgehead atoms. The van der Waals surface area contributed by atoms with Gasteiger partial charge in [0.05, 0.1) is 0 Å². The summed E-state index contributed by atoms with van der Waals surface area (Å²) in [5, 5.41) is 0. The van der Waals surface area contributed by atoms with Crippen LogP contribution in [0.1, 0.15) is 72.1 Å². The highest BCUT2D eigenvalue weighted by Gasteiger charge is 2.38. The predicted octanol–water partition coefficient (Wildman–Crippen LogP) is 3.65. The van der Waals surface area contributed by atoms with Crippen molar-refractivity contribution in [1.82, 2.24) is 9.80 Å². The van der Waals surface area contributed by atoms with E-state index in [1.54, 1.807) is 0 Å². The van der Waals surface area contributed by atoms with E-state index in [0.717, 1.165) is 30.1 Å². The maximum Gasteiger partial charge on any atom is 0.0113 e. The Morgan fingerprint density at radius 3 is 1.43 bits per heavy atom. The molecule has 23 heavy (non-hydrogen) atoms. The van der Waals surface area contributed by atoms with Crippen LogP contribution in [0.25, 0.3) is 0 Å². The average Bonchev–Trinajstić information content (AvgIpc) is 2.90. The molecule has 0 aliphatic carbocycles. The van der Waals surface area contributed by atoms with Gasteiger partial charge < -0.3 is 5.73 Å². The van der Waals surface area contributed by atoms with Gasteiger partial charge in [0.2, 0.25) is 0 Å². The summed E-state index contributed by atoms with van der Waals surface area (Å²) >= 11 is 0. The minimum atomic E-state index is 0. The highest BCUT2D eigenvalue weighted by molar-refractivity contribution is 5.85. The zero-order chi connectivity index (χ0) is 15.7. The molecule has 3 nitrogen and oxygen atoms in total. The third-order valence-corrected chi connectivity index (χ3v) is 6.77. The number of fused-ring (bicyclic) bond motifs is 4. The zero-order valence-electron chi connectivity index (χ0n) is 15.4. The van der Waals surface area contributed by atoms with Crippen molar-refractivity contribution in [3.63, 3.8) is 0 Å². The summed E-state index contributed by atoms with van der Waals surface area (Å²) in [4.78, 5) is 5.36. The summed E-state index contributed by atoms with van der Waals surface area (Å²) in [6.07, 6.45) is 11.1. The fraction of sp³-hybridized carbons (Fsp3) is 1.00. The lowest BCUT2D eigenvalue weighted by Crippen LogP contribution is -2.47. The highest BCUT2D eigenvalue weighted by Crippen LogP contribution is 2.37. The second-order valence-electron chi connectivity index (χ2n) is 8.24. The van der Waals surface area contributed by atoms with Gasteiger partial charge in [-0.1, -0.05) is 20.8 Å². The minimum absolute atomic E-state index is 0. The zero-order valence-corrected chi connectivity index (χ0v) is 16.2. The van der Waals surface area contributed by atoms with Crippen molar-refractivity contribution in [2.24, 2.45) is 11.7 Å². The smallest absolute Gasteiger partial charge is 0.0113 e. The number of rotatable bonds is 2. The minimum Gasteiger partial charge on any atom is -0.328 e. The third-order valence-electron chi connectivity index (χ3n) is 6.77. The van der Waals surface area contributed by atoms with Crippen LogP contribution in [-0.4, -0.2) is 53.1 Å². The van der Waals surface area contributed by atoms with Crippen LogP contribution in [0.4, 0.5) is 0 Å². The molecule has 4 saturated heterocycles. The monoisotopic (exact) mass is 343 g/mol. The average molecular weight is 344 g/mol. The molecule has 4 heteroatoms. The fourth-order valence-electron chi connectivity index (χ4n) is 5.90. The molecular formula is C19H38ClN3. The number of hydrogen-bond acceptors (Lipinski definition) is 3. The summed E-state index contributed by atoms with van der Waals surface area (Å²) in [6, 6.07) is 4.06. The highest BCUT2D eigenvalue weighted by atomic mass is 35.5. The molecule has 4 rings (SSSR count). The predicted molar refractivity (Wildman–Crippen MR) is 101 cm³/mol. The molecule has 2 N–H and O–H groups in total. The van der Waals surface area contributed by atoms with E-state index in [1.807, 2.05) is 0 Å². The standard InChI is InChI=1S/C10H19N.C9H18N2.ClH/c1-3-11-9-4-5-10(11)7-8(2)6-9;1-2-11-8-3-4-9(11)6-7(10)5-8;/h8-10H,3-7H2,1-2H3;7-9H,2-6,10H2,1H3;1H. The van der Waals surface area contributed by atoms with E-state index < -0.39 is 0 Å². The molecular weight excluding hydrogens is 306 g/mol. The van der Waals surface area contributed by atoms with Crippen LogP contribution in [-0.2, 0) is 0 Å². The number of hydrogen-bond donors (Lipinski definition) is 1. The van der Waals surface area contributed by atoms with Gasteiger partial charge in [-0.2, -0.15) is 0 Å². The molecule has 4 aliphatic heterocycles. The molecule has 4 aliphatic rings. The Labute approximate surface area is 149 Å². The Morgan fingerprint density at radius 1 is 0.739 bits per heavy atom. The van der Waals surface area contributed by atoms with Gasteiger partial charge in [0, 0.05) is 30.2 Å². The maximum absolute atomic E-state index is 5.95. The van der Waals surface area contributed by atoms with E-state index in [-0.39, 0.29) is 12.4 Å². The number of piperidine rings is 2. The molecule has 4 heterocycles. The lowest BCUT2D eigenvalue weighted by atomic mass is 9.92. The van der Waals surface area contributed by atoms with Gasteiger partial charge in [0.15, 0.2) is 0 Å². The quantitative estimate of drug-likeness (QED) is 0.830. The number of nitrogens with two attached hydrogens (primary N) is 1. The van der Waals surface area contributed by atoms with Crippen LogP contribution in [0.3, 0.4) is 0 Å². The van der Waals surface area contributed by atoms with Crippen molar-refractivity contribution in [2.75, 3.05) is 13.1 Å². The van der Waals surface area contributed by atoms with Crippen LogP contribution in [0.2, 0.25) is 0 Å². The van der Waals surface area contributed by atoms with Crippen LogP contribution in [0.5, 0.6) is 0 Å². The van der Waals surface area contributed by atoms with E-state index >= 15 is 0 Å². The summed E-state index contributed by atoms with van der Waals surface area (Å²) in [7, 11) is 0. The second-order valence-corrected chi connectivity index (χ2v) is 8.24. The summed E-state index contributed by atoms with van der Waals surface area (Å²) in [5.74, 6) is 0.996. The first-order valence-corrected chi connectivity index (χ1v) is 9.89. The van der Waals surface area contributed by atoms with Crippen LogP contribution >= 0.6 is 12.4 Å². The van der Waals surface area contributed by atoms with Gasteiger partial charge in [0.25, 0.3) is 0 Å². The third kappa shape index (κ3) is 4.23. The van der Waals surface area contributed by atoms with Gasteiger partial charge in [-0.3, -0.25) is 9.80 Å². The van der Waals surface area contributed by atoms with Crippen LogP contribution in [0, 0.1) is 5.92 Å². The van der Waals surface area contributed by atoms with E-state index in [1.165, 1.54) is 64.5 Å². The maximum atomic E-state index is 5.95. The SMILES string of the molecule is CCN1C2CCC1CC(C)C2.CCN1C2CCC1CC(N)C2.Cl.